The quantitative estimate of drug-likeness (QED) is 0.206. The normalized spacial score (nSPS) is 14.3. The molecule has 2 heterocycles. The summed E-state index contributed by atoms with van der Waals surface area (Å²) < 4.78 is 1.94. The maximum absolute atomic E-state index is 12.9. The molecular weight excluding hydrogens is 470 g/mol. The van der Waals surface area contributed by atoms with Crippen molar-refractivity contribution < 1.29 is 0 Å². The van der Waals surface area contributed by atoms with E-state index < -0.39 is 0 Å². The summed E-state index contributed by atoms with van der Waals surface area (Å²) in [5.74, 6) is 0. The van der Waals surface area contributed by atoms with Crippen LogP contribution in [0.5, 0.6) is 0 Å². The van der Waals surface area contributed by atoms with Crippen LogP contribution in [0.25, 0.3) is 11.0 Å². The molecule has 0 atom stereocenters. The Labute approximate surface area is 226 Å². The van der Waals surface area contributed by atoms with Gasteiger partial charge in [-0.15, -0.1) is 0 Å². The smallest absolute Gasteiger partial charge is 0.326 e. The molecule has 1 aliphatic heterocycles. The van der Waals surface area contributed by atoms with E-state index in [0.717, 1.165) is 73.8 Å². The van der Waals surface area contributed by atoms with Crippen LogP contribution in [0.15, 0.2) is 77.6 Å². The Kier molecular flexibility index (Phi) is 8.82. The van der Waals surface area contributed by atoms with Crippen molar-refractivity contribution in [2.24, 2.45) is 0 Å². The second-order valence-corrected chi connectivity index (χ2v) is 10.5. The third-order valence-electron chi connectivity index (χ3n) is 7.64. The summed E-state index contributed by atoms with van der Waals surface area (Å²) >= 11 is 0. The molecule has 0 amide bonds. The Morgan fingerprint density at radius 1 is 0.816 bits per heavy atom. The van der Waals surface area contributed by atoms with Gasteiger partial charge in [0.05, 0.1) is 22.4 Å². The highest BCUT2D eigenvalue weighted by atomic mass is 16.1. The van der Waals surface area contributed by atoms with Crippen molar-refractivity contribution in [3.05, 3.63) is 88.8 Å². The van der Waals surface area contributed by atoms with E-state index >= 15 is 0 Å². The first-order chi connectivity index (χ1) is 18.7. The average Bonchev–Trinajstić information content (AvgIpc) is 3.25. The number of imidazole rings is 1. The van der Waals surface area contributed by atoms with Crippen LogP contribution in [0.2, 0.25) is 0 Å². The first-order valence-electron chi connectivity index (χ1n) is 14.3. The molecule has 0 spiro atoms. The molecule has 38 heavy (non-hydrogen) atoms. The number of nitrogens with one attached hydrogen (secondary N) is 2. The fourth-order valence-corrected chi connectivity index (χ4v) is 5.49. The first-order valence-corrected chi connectivity index (χ1v) is 14.3. The third-order valence-corrected chi connectivity index (χ3v) is 7.64. The van der Waals surface area contributed by atoms with Crippen LogP contribution >= 0.6 is 0 Å². The molecule has 0 unspecified atom stereocenters. The number of H-pyrrole nitrogens is 1. The number of hydrogen-bond acceptors (Lipinski definition) is 4. The van der Waals surface area contributed by atoms with Gasteiger partial charge in [-0.05, 0) is 36.2 Å². The van der Waals surface area contributed by atoms with Crippen LogP contribution in [0.1, 0.15) is 51.0 Å². The molecule has 0 aliphatic carbocycles. The van der Waals surface area contributed by atoms with Crippen LogP contribution in [-0.2, 0) is 13.1 Å². The first kappa shape index (κ1) is 26.1. The lowest BCUT2D eigenvalue weighted by Crippen LogP contribution is -2.46. The molecule has 4 aromatic rings. The Hall–Kier alpha value is -3.51. The van der Waals surface area contributed by atoms with Gasteiger partial charge in [0.25, 0.3) is 0 Å². The number of rotatable bonds is 12. The van der Waals surface area contributed by atoms with Gasteiger partial charge in [-0.3, -0.25) is 9.47 Å². The summed E-state index contributed by atoms with van der Waals surface area (Å²) in [5.41, 5.74) is 6.49. The van der Waals surface area contributed by atoms with Crippen molar-refractivity contribution in [3.8, 4) is 0 Å². The minimum Gasteiger partial charge on any atom is -0.367 e. The van der Waals surface area contributed by atoms with Crippen molar-refractivity contribution in [1.29, 1.82) is 0 Å². The van der Waals surface area contributed by atoms with Crippen LogP contribution in [0.3, 0.4) is 0 Å². The maximum atomic E-state index is 12.9. The van der Waals surface area contributed by atoms with Gasteiger partial charge in [-0.25, -0.2) is 4.79 Å². The number of unbranched alkanes of at least 4 members (excludes halogenated alkanes) is 5. The molecule has 5 rings (SSSR count). The number of piperazine rings is 1. The van der Waals surface area contributed by atoms with Gasteiger partial charge < -0.3 is 15.2 Å². The van der Waals surface area contributed by atoms with Gasteiger partial charge in [0.15, 0.2) is 0 Å². The van der Waals surface area contributed by atoms with Gasteiger partial charge >= 0.3 is 5.69 Å². The van der Waals surface area contributed by atoms with E-state index in [2.05, 4.69) is 81.6 Å². The molecule has 0 saturated carbocycles. The molecule has 0 bridgehead atoms. The Morgan fingerprint density at radius 3 is 2.24 bits per heavy atom. The lowest BCUT2D eigenvalue weighted by molar-refractivity contribution is 0.250. The van der Waals surface area contributed by atoms with Crippen molar-refractivity contribution in [1.82, 2.24) is 14.5 Å². The highest BCUT2D eigenvalue weighted by molar-refractivity contribution is 5.90. The highest BCUT2D eigenvalue weighted by Gasteiger charge is 2.21. The summed E-state index contributed by atoms with van der Waals surface area (Å²) in [6.45, 7) is 7.92. The van der Waals surface area contributed by atoms with Crippen LogP contribution < -0.4 is 15.9 Å². The Bertz CT molecular complexity index is 1340. The summed E-state index contributed by atoms with van der Waals surface area (Å²) in [7, 11) is 0. The van der Waals surface area contributed by atoms with E-state index in [-0.39, 0.29) is 5.69 Å². The van der Waals surface area contributed by atoms with Crippen LogP contribution in [0, 0.1) is 0 Å². The van der Waals surface area contributed by atoms with Crippen molar-refractivity contribution in [3.63, 3.8) is 0 Å². The monoisotopic (exact) mass is 511 g/mol. The van der Waals surface area contributed by atoms with E-state index in [0.29, 0.717) is 0 Å². The topological polar surface area (TPSA) is 56.3 Å². The fraction of sp³-hybridized carbons (Fsp3) is 0.406. The predicted octanol–water partition coefficient (Wildman–Crippen LogP) is 6.76. The zero-order valence-corrected chi connectivity index (χ0v) is 22.7. The number of aryl methyl sites for hydroxylation is 1. The second kappa shape index (κ2) is 12.8. The number of benzene rings is 3. The summed E-state index contributed by atoms with van der Waals surface area (Å²) in [4.78, 5) is 21.1. The Balaban J connectivity index is 1.37. The van der Waals surface area contributed by atoms with Crippen LogP contribution in [-0.4, -0.2) is 40.6 Å². The second-order valence-electron chi connectivity index (χ2n) is 10.5. The lowest BCUT2D eigenvalue weighted by Gasteiger charge is -2.37. The predicted molar refractivity (Wildman–Crippen MR) is 160 cm³/mol. The third kappa shape index (κ3) is 6.48. The number of fused-ring (bicyclic) bond motifs is 1. The average molecular weight is 512 g/mol. The minimum absolute atomic E-state index is 0.0101. The molecule has 2 N–H and O–H groups in total. The SMILES string of the molecule is CCCCCCCCn1c(=O)[nH]c2cc(Nc3ccccc3)c(N3CCN(Cc4ccccc4)CC3)cc21. The number of para-hydroxylation sites is 1. The van der Waals surface area contributed by atoms with Gasteiger partial charge in [0.2, 0.25) is 0 Å². The molecule has 200 valence electrons. The zero-order chi connectivity index (χ0) is 26.2. The van der Waals surface area contributed by atoms with Crippen molar-refractivity contribution in [2.75, 3.05) is 36.4 Å². The molecule has 1 aliphatic rings. The maximum Gasteiger partial charge on any atom is 0.326 e. The fourth-order valence-electron chi connectivity index (χ4n) is 5.49. The van der Waals surface area contributed by atoms with E-state index in [1.165, 1.54) is 37.7 Å². The molecule has 0 radical (unpaired) electrons. The molecule has 6 nitrogen and oxygen atoms in total. The number of nitrogens with zero attached hydrogens (tertiary/aromatic N) is 3. The van der Waals surface area contributed by atoms with Gasteiger partial charge in [0.1, 0.15) is 0 Å². The van der Waals surface area contributed by atoms with E-state index in [1.54, 1.807) is 0 Å². The van der Waals surface area contributed by atoms with Gasteiger partial charge in [-0.1, -0.05) is 87.6 Å². The molecule has 1 saturated heterocycles. The molecule has 1 fully saturated rings. The molecule has 3 aromatic carbocycles. The van der Waals surface area contributed by atoms with Crippen molar-refractivity contribution >= 4 is 28.1 Å². The van der Waals surface area contributed by atoms with Gasteiger partial charge in [-0.2, -0.15) is 0 Å². The van der Waals surface area contributed by atoms with E-state index in [9.17, 15) is 4.79 Å². The minimum atomic E-state index is -0.0101. The standard InChI is InChI=1S/C32H41N5O/c1-2-3-4-5-6-13-18-37-31-24-30(36-21-19-35(20-22-36)25-26-14-9-7-10-15-26)28(23-29(31)34-32(37)38)33-27-16-11-8-12-17-27/h7-12,14-17,23-24,33H,2-6,13,18-22,25H2,1H3,(H,34,38). The molecule has 6 heteroatoms. The van der Waals surface area contributed by atoms with Crippen molar-refractivity contribution in [2.45, 2.75) is 58.5 Å². The number of aromatic amines is 1. The number of hydrogen-bond donors (Lipinski definition) is 2. The zero-order valence-electron chi connectivity index (χ0n) is 22.7. The summed E-state index contributed by atoms with van der Waals surface area (Å²) in [5, 5.41) is 3.63. The summed E-state index contributed by atoms with van der Waals surface area (Å²) in [6.07, 6.45) is 7.29. The molecule has 1 aromatic heterocycles. The number of anilines is 3. The van der Waals surface area contributed by atoms with E-state index in [1.807, 2.05) is 22.8 Å². The Morgan fingerprint density at radius 2 is 1.50 bits per heavy atom. The molecular formula is C32H41N5O. The van der Waals surface area contributed by atoms with Crippen LogP contribution in [0.4, 0.5) is 17.1 Å². The lowest BCUT2D eigenvalue weighted by atomic mass is 10.1. The van der Waals surface area contributed by atoms with E-state index in [4.69, 9.17) is 0 Å². The largest absolute Gasteiger partial charge is 0.367 e. The number of aromatic nitrogens is 2. The van der Waals surface area contributed by atoms with Gasteiger partial charge in [0, 0.05) is 45.0 Å². The highest BCUT2D eigenvalue weighted by Crippen LogP contribution is 2.34. The summed E-state index contributed by atoms with van der Waals surface area (Å²) in [6, 6.07) is 25.3.